The molecule has 150 valence electrons. The van der Waals surface area contributed by atoms with E-state index in [1.54, 1.807) is 0 Å². The number of carbonyl (C=O) groups excluding carboxylic acids is 2. The molecule has 2 aliphatic rings. The first-order valence-electron chi connectivity index (χ1n) is 9.34. The normalized spacial score (nSPS) is 20.4. The summed E-state index contributed by atoms with van der Waals surface area (Å²) in [7, 11) is 0. The van der Waals surface area contributed by atoms with E-state index in [1.807, 2.05) is 38.1 Å². The Morgan fingerprint density at radius 2 is 2.00 bits per heavy atom. The lowest BCUT2D eigenvalue weighted by molar-refractivity contribution is -0.402. The molecule has 1 unspecified atom stereocenters. The van der Waals surface area contributed by atoms with Crippen molar-refractivity contribution in [3.8, 4) is 0 Å². The molecule has 1 aromatic heterocycles. The van der Waals surface area contributed by atoms with E-state index < -0.39 is 22.4 Å². The highest BCUT2D eigenvalue weighted by atomic mass is 16.6. The van der Waals surface area contributed by atoms with E-state index in [9.17, 15) is 19.7 Å². The van der Waals surface area contributed by atoms with Crippen LogP contribution in [0.5, 0.6) is 0 Å². The molecule has 4 rings (SSSR count). The van der Waals surface area contributed by atoms with Gasteiger partial charge in [0.05, 0.1) is 6.07 Å². The Kier molecular flexibility index (Phi) is 4.29. The van der Waals surface area contributed by atoms with Crippen molar-refractivity contribution in [1.29, 1.82) is 0 Å². The summed E-state index contributed by atoms with van der Waals surface area (Å²) < 4.78 is 5.48. The predicted molar refractivity (Wildman–Crippen MR) is 105 cm³/mol. The highest BCUT2D eigenvalue weighted by Crippen LogP contribution is 2.44. The van der Waals surface area contributed by atoms with Gasteiger partial charge in [-0.3, -0.25) is 24.6 Å². The molecular formula is C21H21N3O5. The van der Waals surface area contributed by atoms with Gasteiger partial charge in [-0.05, 0) is 31.5 Å². The molecule has 1 aromatic carbocycles. The van der Waals surface area contributed by atoms with Crippen LogP contribution in [0.15, 0.2) is 52.1 Å². The standard InChI is InChI=1S/C21H21N3O5/c1-12(25)23-15-7-5-4-6-13(15)10-14-19(16(26)11-21(2,3)22-14)20(23)17-8-9-18(29-17)24(27)28/h4-9,20,22H,10-11H2,1-3H3. The summed E-state index contributed by atoms with van der Waals surface area (Å²) in [4.78, 5) is 38.0. The van der Waals surface area contributed by atoms with Crippen LogP contribution >= 0.6 is 0 Å². The third-order valence-corrected chi connectivity index (χ3v) is 5.27. The van der Waals surface area contributed by atoms with Gasteiger partial charge in [0.1, 0.15) is 16.7 Å². The van der Waals surface area contributed by atoms with Gasteiger partial charge in [0.25, 0.3) is 0 Å². The monoisotopic (exact) mass is 395 g/mol. The molecule has 1 N–H and O–H groups in total. The molecule has 8 nitrogen and oxygen atoms in total. The Labute approximate surface area is 167 Å². The summed E-state index contributed by atoms with van der Waals surface area (Å²) in [6.45, 7) is 5.30. The van der Waals surface area contributed by atoms with Crippen molar-refractivity contribution in [3.05, 3.63) is 69.1 Å². The van der Waals surface area contributed by atoms with Gasteiger partial charge in [-0.1, -0.05) is 18.2 Å². The van der Waals surface area contributed by atoms with Crippen molar-refractivity contribution in [2.24, 2.45) is 0 Å². The zero-order valence-corrected chi connectivity index (χ0v) is 16.4. The molecule has 3 heterocycles. The first kappa shape index (κ1) is 18.9. The minimum atomic E-state index is -0.879. The Morgan fingerprint density at radius 3 is 2.66 bits per heavy atom. The minimum absolute atomic E-state index is 0.105. The van der Waals surface area contributed by atoms with Crippen molar-refractivity contribution in [2.45, 2.75) is 45.2 Å². The van der Waals surface area contributed by atoms with Gasteiger partial charge < -0.3 is 9.73 Å². The van der Waals surface area contributed by atoms with E-state index in [0.717, 1.165) is 5.56 Å². The molecule has 0 radical (unpaired) electrons. The maximum atomic E-state index is 13.2. The quantitative estimate of drug-likeness (QED) is 0.617. The maximum absolute atomic E-state index is 13.2. The van der Waals surface area contributed by atoms with Gasteiger partial charge >= 0.3 is 5.88 Å². The highest BCUT2D eigenvalue weighted by Gasteiger charge is 2.43. The summed E-state index contributed by atoms with van der Waals surface area (Å²) in [5.74, 6) is -0.634. The Balaban J connectivity index is 1.99. The largest absolute Gasteiger partial charge is 0.433 e. The summed E-state index contributed by atoms with van der Waals surface area (Å²) in [6, 6.07) is 9.26. The second kappa shape index (κ2) is 6.58. The molecule has 0 aliphatic carbocycles. The van der Waals surface area contributed by atoms with Crippen LogP contribution < -0.4 is 10.2 Å². The molecule has 0 fully saturated rings. The van der Waals surface area contributed by atoms with Crippen molar-refractivity contribution in [1.82, 2.24) is 5.32 Å². The fourth-order valence-electron chi connectivity index (χ4n) is 4.20. The third-order valence-electron chi connectivity index (χ3n) is 5.27. The van der Waals surface area contributed by atoms with Crippen LogP contribution in [0, 0.1) is 10.1 Å². The number of fused-ring (bicyclic) bond motifs is 1. The molecule has 1 amide bonds. The maximum Gasteiger partial charge on any atom is 0.433 e. The fraction of sp³-hybridized carbons (Fsp3) is 0.333. The number of nitrogens with one attached hydrogen (secondary N) is 1. The van der Waals surface area contributed by atoms with E-state index in [2.05, 4.69) is 5.32 Å². The number of amides is 1. The van der Waals surface area contributed by atoms with Crippen molar-refractivity contribution >= 4 is 23.3 Å². The lowest BCUT2D eigenvalue weighted by Gasteiger charge is -2.37. The smallest absolute Gasteiger partial charge is 0.403 e. The molecule has 1 atom stereocenters. The lowest BCUT2D eigenvalue weighted by Crippen LogP contribution is -2.48. The zero-order valence-electron chi connectivity index (χ0n) is 16.4. The number of carbonyl (C=O) groups is 2. The summed E-state index contributed by atoms with van der Waals surface area (Å²) in [6.07, 6.45) is 0.691. The third kappa shape index (κ3) is 3.20. The number of hydrogen-bond donors (Lipinski definition) is 1. The Morgan fingerprint density at radius 1 is 1.28 bits per heavy atom. The van der Waals surface area contributed by atoms with Crippen molar-refractivity contribution in [3.63, 3.8) is 0 Å². The number of hydrogen-bond acceptors (Lipinski definition) is 6. The SMILES string of the molecule is CC(=O)N1c2ccccc2CC2=C(C(=O)CC(C)(C)N2)C1c1ccc([N+](=O)[O-])o1. The summed E-state index contributed by atoms with van der Waals surface area (Å²) in [5, 5.41) is 14.6. The van der Waals surface area contributed by atoms with Gasteiger partial charge in [-0.2, -0.15) is 0 Å². The van der Waals surface area contributed by atoms with Gasteiger partial charge in [0.2, 0.25) is 5.91 Å². The minimum Gasteiger partial charge on any atom is -0.403 e. The van der Waals surface area contributed by atoms with Crippen LogP contribution in [-0.2, 0) is 16.0 Å². The number of nitrogens with zero attached hydrogens (tertiary/aromatic N) is 2. The Hall–Kier alpha value is -3.42. The van der Waals surface area contributed by atoms with Crippen LogP contribution in [0.25, 0.3) is 0 Å². The van der Waals surface area contributed by atoms with Crippen LogP contribution in [0.1, 0.15) is 44.6 Å². The van der Waals surface area contributed by atoms with Crippen LogP contribution in [0.2, 0.25) is 0 Å². The molecule has 2 aliphatic heterocycles. The van der Waals surface area contributed by atoms with Gasteiger partial charge in [-0.15, -0.1) is 0 Å². The number of nitro groups is 1. The molecule has 0 spiro atoms. The molecule has 2 aromatic rings. The van der Waals surface area contributed by atoms with Gasteiger partial charge in [0, 0.05) is 42.3 Å². The molecule has 0 saturated carbocycles. The number of benzene rings is 1. The number of rotatable bonds is 2. The molecule has 29 heavy (non-hydrogen) atoms. The van der Waals surface area contributed by atoms with Crippen LogP contribution in [-0.4, -0.2) is 22.2 Å². The fourth-order valence-corrected chi connectivity index (χ4v) is 4.20. The van der Waals surface area contributed by atoms with E-state index in [4.69, 9.17) is 4.42 Å². The van der Waals surface area contributed by atoms with E-state index in [1.165, 1.54) is 24.0 Å². The summed E-state index contributed by atoms with van der Waals surface area (Å²) >= 11 is 0. The second-order valence-electron chi connectivity index (χ2n) is 8.03. The number of Topliss-reactive ketones (excluding diaryl/α,β-unsaturated/α-hetero) is 1. The van der Waals surface area contributed by atoms with Crippen molar-refractivity contribution < 1.29 is 18.9 Å². The van der Waals surface area contributed by atoms with Crippen LogP contribution in [0.4, 0.5) is 11.6 Å². The molecular weight excluding hydrogens is 374 g/mol. The average Bonchev–Trinajstić information content (AvgIpc) is 3.05. The molecule has 0 saturated heterocycles. The van der Waals surface area contributed by atoms with Gasteiger partial charge in [-0.25, -0.2) is 0 Å². The van der Waals surface area contributed by atoms with E-state index in [0.29, 0.717) is 23.4 Å². The number of anilines is 1. The van der Waals surface area contributed by atoms with Crippen LogP contribution in [0.3, 0.4) is 0 Å². The first-order chi connectivity index (χ1) is 13.7. The van der Waals surface area contributed by atoms with Crippen molar-refractivity contribution in [2.75, 3.05) is 4.90 Å². The first-order valence-corrected chi connectivity index (χ1v) is 9.34. The predicted octanol–water partition coefficient (Wildman–Crippen LogP) is 3.43. The molecule has 8 heteroatoms. The second-order valence-corrected chi connectivity index (χ2v) is 8.03. The van der Waals surface area contributed by atoms with E-state index >= 15 is 0 Å². The zero-order chi connectivity index (χ0) is 20.9. The topological polar surface area (TPSA) is 106 Å². The van der Waals surface area contributed by atoms with E-state index in [-0.39, 0.29) is 23.9 Å². The molecule has 0 bridgehead atoms. The highest BCUT2D eigenvalue weighted by molar-refractivity contribution is 6.03. The summed E-state index contributed by atoms with van der Waals surface area (Å²) in [5.41, 5.74) is 2.24. The number of ketones is 1. The number of para-hydroxylation sites is 1. The lowest BCUT2D eigenvalue weighted by atomic mass is 9.83. The van der Waals surface area contributed by atoms with Gasteiger partial charge in [0.15, 0.2) is 5.78 Å². The number of allylic oxidation sites excluding steroid dienone is 1. The average molecular weight is 395 g/mol. The number of furan rings is 1. The Bertz CT molecular complexity index is 1070.